The number of benzene rings is 1. The molecule has 2 heterocycles. The molecule has 1 fully saturated rings. The van der Waals surface area contributed by atoms with E-state index in [2.05, 4.69) is 22.4 Å². The molecule has 0 unspecified atom stereocenters. The van der Waals surface area contributed by atoms with Crippen molar-refractivity contribution < 1.29 is 13.7 Å². The Morgan fingerprint density at radius 1 is 1.46 bits per heavy atom. The Kier molecular flexibility index (Phi) is 6.21. The van der Waals surface area contributed by atoms with Crippen LogP contribution in [0.4, 0.5) is 10.1 Å². The van der Waals surface area contributed by atoms with Crippen molar-refractivity contribution in [2.24, 2.45) is 0 Å². The number of hydrogen-bond acceptors (Lipinski definition) is 5. The van der Waals surface area contributed by atoms with Crippen LogP contribution in [0, 0.1) is 5.82 Å². The van der Waals surface area contributed by atoms with Gasteiger partial charge >= 0.3 is 0 Å². The smallest absolute Gasteiger partial charge is 0.244 e. The number of carbonyl (C=O) groups is 1. The van der Waals surface area contributed by atoms with Crippen LogP contribution in [-0.4, -0.2) is 34.0 Å². The van der Waals surface area contributed by atoms with Gasteiger partial charge in [0.05, 0.1) is 17.6 Å². The van der Waals surface area contributed by atoms with Crippen LogP contribution in [0.5, 0.6) is 0 Å². The van der Waals surface area contributed by atoms with Crippen molar-refractivity contribution in [1.29, 1.82) is 0 Å². The molecule has 8 heteroatoms. The normalized spacial score (nSPS) is 18.0. The third-order valence-corrected chi connectivity index (χ3v) is 4.70. The van der Waals surface area contributed by atoms with E-state index >= 15 is 0 Å². The van der Waals surface area contributed by atoms with Crippen LogP contribution < -0.4 is 5.32 Å². The van der Waals surface area contributed by atoms with Gasteiger partial charge in [0.1, 0.15) is 5.82 Å². The van der Waals surface area contributed by atoms with Crippen molar-refractivity contribution >= 4 is 23.2 Å². The number of hydrogen-bond donors (Lipinski definition) is 1. The highest BCUT2D eigenvalue weighted by atomic mass is 35.5. The first-order valence-electron chi connectivity index (χ1n) is 8.88. The zero-order valence-corrected chi connectivity index (χ0v) is 15.4. The third-order valence-electron chi connectivity index (χ3n) is 4.41. The predicted molar refractivity (Wildman–Crippen MR) is 96.5 cm³/mol. The molecular weight excluding hydrogens is 359 g/mol. The summed E-state index contributed by atoms with van der Waals surface area (Å²) in [7, 11) is 0. The van der Waals surface area contributed by atoms with Gasteiger partial charge in [0.2, 0.25) is 11.8 Å². The van der Waals surface area contributed by atoms with Crippen molar-refractivity contribution in [3.8, 4) is 0 Å². The second-order valence-corrected chi connectivity index (χ2v) is 6.87. The van der Waals surface area contributed by atoms with Crippen molar-refractivity contribution in [3.05, 3.63) is 40.8 Å². The predicted octanol–water partition coefficient (Wildman–Crippen LogP) is 3.98. The minimum atomic E-state index is -0.514. The number of nitrogens with one attached hydrogen (secondary N) is 1. The Morgan fingerprint density at radius 2 is 2.31 bits per heavy atom. The summed E-state index contributed by atoms with van der Waals surface area (Å²) >= 11 is 5.76. The van der Waals surface area contributed by atoms with E-state index < -0.39 is 5.82 Å². The summed E-state index contributed by atoms with van der Waals surface area (Å²) in [6.07, 6.45) is 4.69. The summed E-state index contributed by atoms with van der Waals surface area (Å²) in [6, 6.07) is 4.07. The molecule has 1 saturated heterocycles. The van der Waals surface area contributed by atoms with E-state index in [0.717, 1.165) is 38.6 Å². The molecule has 26 heavy (non-hydrogen) atoms. The Morgan fingerprint density at radius 3 is 3.08 bits per heavy atom. The molecule has 6 nitrogen and oxygen atoms in total. The van der Waals surface area contributed by atoms with E-state index in [-0.39, 0.29) is 23.5 Å². The first-order valence-corrected chi connectivity index (χ1v) is 9.26. The van der Waals surface area contributed by atoms with Crippen molar-refractivity contribution in [1.82, 2.24) is 15.0 Å². The van der Waals surface area contributed by atoms with E-state index in [1.54, 1.807) is 0 Å². The van der Waals surface area contributed by atoms with Crippen LogP contribution in [-0.2, 0) is 11.2 Å². The van der Waals surface area contributed by atoms with E-state index in [1.165, 1.54) is 18.2 Å². The largest absolute Gasteiger partial charge is 0.338 e. The lowest BCUT2D eigenvalue weighted by molar-refractivity contribution is -0.118. The Balaban J connectivity index is 1.65. The molecule has 0 saturated carbocycles. The number of nitrogens with zero attached hydrogens (tertiary/aromatic N) is 3. The average molecular weight is 381 g/mol. The van der Waals surface area contributed by atoms with Crippen LogP contribution in [0.3, 0.4) is 0 Å². The Hall–Kier alpha value is -1.99. The second-order valence-electron chi connectivity index (χ2n) is 6.46. The van der Waals surface area contributed by atoms with Gasteiger partial charge in [0.15, 0.2) is 5.82 Å². The molecule has 0 bridgehead atoms. The van der Waals surface area contributed by atoms with Crippen LogP contribution in [0.1, 0.15) is 50.4 Å². The van der Waals surface area contributed by atoms with Crippen LogP contribution in [0.15, 0.2) is 22.7 Å². The summed E-state index contributed by atoms with van der Waals surface area (Å²) in [5.74, 6) is 0.581. The van der Waals surface area contributed by atoms with Crippen molar-refractivity contribution in [2.75, 3.05) is 18.4 Å². The van der Waals surface area contributed by atoms with Gasteiger partial charge in [0, 0.05) is 12.1 Å². The zero-order chi connectivity index (χ0) is 18.5. The molecule has 140 valence electrons. The van der Waals surface area contributed by atoms with Gasteiger partial charge in [-0.3, -0.25) is 9.69 Å². The quantitative estimate of drug-likeness (QED) is 0.820. The molecule has 3 rings (SSSR count). The van der Waals surface area contributed by atoms with Gasteiger partial charge in [-0.05, 0) is 44.0 Å². The highest BCUT2D eigenvalue weighted by Gasteiger charge is 2.30. The number of piperidine rings is 1. The number of aryl methyl sites for hydroxylation is 1. The van der Waals surface area contributed by atoms with E-state index in [4.69, 9.17) is 16.1 Å². The first-order chi connectivity index (χ1) is 12.6. The van der Waals surface area contributed by atoms with Crippen molar-refractivity contribution in [3.63, 3.8) is 0 Å². The second kappa shape index (κ2) is 8.60. The van der Waals surface area contributed by atoms with E-state index in [9.17, 15) is 9.18 Å². The van der Waals surface area contributed by atoms with E-state index in [1.807, 2.05) is 4.90 Å². The fourth-order valence-corrected chi connectivity index (χ4v) is 3.33. The van der Waals surface area contributed by atoms with Gasteiger partial charge in [-0.1, -0.05) is 30.1 Å². The molecule has 0 spiro atoms. The number of likely N-dealkylation sites (tertiary alicyclic amines) is 1. The topological polar surface area (TPSA) is 71.3 Å². The average Bonchev–Trinajstić information content (AvgIpc) is 3.07. The molecule has 0 aliphatic carbocycles. The summed E-state index contributed by atoms with van der Waals surface area (Å²) < 4.78 is 18.7. The number of amides is 1. The summed E-state index contributed by atoms with van der Waals surface area (Å²) in [5.41, 5.74) is 0.470. The number of aromatic nitrogens is 2. The Bertz CT molecular complexity index is 767. The summed E-state index contributed by atoms with van der Waals surface area (Å²) in [5, 5.41) is 6.75. The molecule has 1 N–H and O–H groups in total. The number of halogens is 2. The van der Waals surface area contributed by atoms with Gasteiger partial charge in [-0.25, -0.2) is 4.39 Å². The fourth-order valence-electron chi connectivity index (χ4n) is 3.15. The van der Waals surface area contributed by atoms with Crippen LogP contribution >= 0.6 is 11.6 Å². The number of carbonyl (C=O) groups excluding carboxylic acids is 1. The lowest BCUT2D eigenvalue weighted by Gasteiger charge is -2.32. The molecule has 1 aromatic carbocycles. The highest BCUT2D eigenvalue weighted by molar-refractivity contribution is 6.31. The standard InChI is InChI=1S/C18H22ClFN4O2/c1-2-5-16-22-18(26-23-16)15-6-3-4-9-24(15)11-17(25)21-12-7-8-14(20)13(19)10-12/h7-8,10,15H,2-6,9,11H2,1H3,(H,21,25)/t15-/m1/s1. The number of rotatable bonds is 6. The molecular formula is C18H22ClFN4O2. The molecule has 1 amide bonds. The molecule has 1 aliphatic rings. The molecule has 1 aliphatic heterocycles. The van der Waals surface area contributed by atoms with Gasteiger partial charge in [-0.2, -0.15) is 4.98 Å². The Labute approximate surface area is 156 Å². The molecule has 1 atom stereocenters. The fraction of sp³-hybridized carbons (Fsp3) is 0.500. The van der Waals surface area contributed by atoms with Crippen LogP contribution in [0.25, 0.3) is 0 Å². The highest BCUT2D eigenvalue weighted by Crippen LogP contribution is 2.30. The lowest BCUT2D eigenvalue weighted by Crippen LogP contribution is -2.39. The SMILES string of the molecule is CCCc1noc([C@H]2CCCCN2CC(=O)Nc2ccc(F)c(Cl)c2)n1. The minimum absolute atomic E-state index is 0.0204. The van der Waals surface area contributed by atoms with Gasteiger partial charge in [0.25, 0.3) is 0 Å². The monoisotopic (exact) mass is 380 g/mol. The van der Waals surface area contributed by atoms with Crippen molar-refractivity contribution in [2.45, 2.75) is 45.1 Å². The van der Waals surface area contributed by atoms with E-state index in [0.29, 0.717) is 17.4 Å². The van der Waals surface area contributed by atoms with Crippen LogP contribution in [0.2, 0.25) is 5.02 Å². The summed E-state index contributed by atoms with van der Waals surface area (Å²) in [4.78, 5) is 18.9. The summed E-state index contributed by atoms with van der Waals surface area (Å²) in [6.45, 7) is 3.05. The number of anilines is 1. The molecule has 0 radical (unpaired) electrons. The first kappa shape index (κ1) is 18.8. The molecule has 1 aromatic heterocycles. The maximum absolute atomic E-state index is 13.2. The lowest BCUT2D eigenvalue weighted by atomic mass is 10.0. The third kappa shape index (κ3) is 4.59. The minimum Gasteiger partial charge on any atom is -0.338 e. The maximum atomic E-state index is 13.2. The molecule has 2 aromatic rings. The van der Waals surface area contributed by atoms with Gasteiger partial charge < -0.3 is 9.84 Å². The zero-order valence-electron chi connectivity index (χ0n) is 14.7. The van der Waals surface area contributed by atoms with Gasteiger partial charge in [-0.15, -0.1) is 0 Å². The maximum Gasteiger partial charge on any atom is 0.244 e.